The molecule has 0 unspecified atom stereocenters. The van der Waals surface area contributed by atoms with Crippen molar-refractivity contribution in [1.29, 1.82) is 0 Å². The molecule has 0 fully saturated rings. The van der Waals surface area contributed by atoms with Crippen molar-refractivity contribution in [2.75, 3.05) is 18.0 Å². The maximum Gasteiger partial charge on any atom is 0.222 e. The molecule has 0 spiro atoms. The van der Waals surface area contributed by atoms with Gasteiger partial charge in [0.2, 0.25) is 5.95 Å². The molecule has 1 heterocycles. The number of rotatable bonds is 3. The summed E-state index contributed by atoms with van der Waals surface area (Å²) in [6, 6.07) is 9.71. The summed E-state index contributed by atoms with van der Waals surface area (Å²) < 4.78 is 0. The zero-order valence-corrected chi connectivity index (χ0v) is 9.43. The van der Waals surface area contributed by atoms with Crippen LogP contribution in [0.3, 0.4) is 0 Å². The lowest BCUT2D eigenvalue weighted by Crippen LogP contribution is -2.02. The molecule has 0 bridgehead atoms. The van der Waals surface area contributed by atoms with E-state index in [2.05, 4.69) is 9.97 Å². The molecule has 0 amide bonds. The predicted octanol–water partition coefficient (Wildman–Crippen LogP) is 0.809. The van der Waals surface area contributed by atoms with Crippen molar-refractivity contribution < 1.29 is 0 Å². The molecule has 1 aromatic heterocycles. The van der Waals surface area contributed by atoms with Gasteiger partial charge in [0.1, 0.15) is 5.82 Å². The molecule has 0 radical (unpaired) electrons. The van der Waals surface area contributed by atoms with Gasteiger partial charge in [-0.15, -0.1) is 0 Å². The van der Waals surface area contributed by atoms with Crippen LogP contribution in [0.15, 0.2) is 30.3 Å². The zero-order chi connectivity index (χ0) is 12.3. The second-order valence-electron chi connectivity index (χ2n) is 3.77. The topological polar surface area (TPSA) is 104 Å². The average Bonchev–Trinajstić information content (AvgIpc) is 2.29. The standard InChI is InChI=1S/C12H15N5/c13-6-5-8-1-3-9(4-2-8)10-7-11(14)17-12(15)16-10/h1-4,7H,5-6,13H2,(H4,14,15,16,17). The van der Waals surface area contributed by atoms with Crippen LogP contribution < -0.4 is 17.2 Å². The summed E-state index contributed by atoms with van der Waals surface area (Å²) in [4.78, 5) is 7.98. The number of nitrogen functional groups attached to an aromatic ring is 2. The number of anilines is 2. The molecule has 0 aliphatic rings. The molecular weight excluding hydrogens is 214 g/mol. The van der Waals surface area contributed by atoms with Gasteiger partial charge in [0.25, 0.3) is 0 Å². The molecule has 2 aromatic rings. The molecule has 1 aromatic carbocycles. The number of benzene rings is 1. The van der Waals surface area contributed by atoms with E-state index in [0.29, 0.717) is 12.4 Å². The lowest BCUT2D eigenvalue weighted by atomic mass is 10.1. The molecule has 88 valence electrons. The van der Waals surface area contributed by atoms with Crippen LogP contribution in [0.5, 0.6) is 0 Å². The van der Waals surface area contributed by atoms with Crippen LogP contribution in [0.25, 0.3) is 11.3 Å². The molecule has 0 aliphatic carbocycles. The van der Waals surface area contributed by atoms with E-state index in [9.17, 15) is 0 Å². The fourth-order valence-corrected chi connectivity index (χ4v) is 1.64. The van der Waals surface area contributed by atoms with E-state index in [1.54, 1.807) is 6.07 Å². The van der Waals surface area contributed by atoms with Crippen molar-refractivity contribution in [2.24, 2.45) is 5.73 Å². The number of hydrogen-bond acceptors (Lipinski definition) is 5. The second-order valence-corrected chi connectivity index (χ2v) is 3.77. The Bertz CT molecular complexity index is 487. The molecule has 17 heavy (non-hydrogen) atoms. The minimum absolute atomic E-state index is 0.186. The van der Waals surface area contributed by atoms with Crippen LogP contribution in [-0.2, 0) is 6.42 Å². The molecule has 0 saturated heterocycles. The number of nitrogens with zero attached hydrogens (tertiary/aromatic N) is 2. The zero-order valence-electron chi connectivity index (χ0n) is 9.43. The number of aromatic nitrogens is 2. The van der Waals surface area contributed by atoms with Gasteiger partial charge < -0.3 is 17.2 Å². The fourth-order valence-electron chi connectivity index (χ4n) is 1.64. The van der Waals surface area contributed by atoms with Crippen LogP contribution >= 0.6 is 0 Å². The van der Waals surface area contributed by atoms with E-state index < -0.39 is 0 Å². The fraction of sp³-hybridized carbons (Fsp3) is 0.167. The molecular formula is C12H15N5. The Hall–Kier alpha value is -2.14. The van der Waals surface area contributed by atoms with Crippen LogP contribution in [0.2, 0.25) is 0 Å². The summed E-state index contributed by atoms with van der Waals surface area (Å²) in [6.45, 7) is 0.646. The Kier molecular flexibility index (Phi) is 3.20. The molecule has 0 atom stereocenters. The Labute approximate surface area is 99.7 Å². The number of hydrogen-bond donors (Lipinski definition) is 3. The molecule has 5 nitrogen and oxygen atoms in total. The third-order valence-corrected chi connectivity index (χ3v) is 2.45. The van der Waals surface area contributed by atoms with Gasteiger partial charge in [-0.3, -0.25) is 0 Å². The maximum absolute atomic E-state index is 5.63. The van der Waals surface area contributed by atoms with E-state index in [1.165, 1.54) is 5.56 Å². The molecule has 0 aliphatic heterocycles. The first-order valence-corrected chi connectivity index (χ1v) is 5.38. The third kappa shape index (κ3) is 2.70. The van der Waals surface area contributed by atoms with Crippen LogP contribution in [0.4, 0.5) is 11.8 Å². The van der Waals surface area contributed by atoms with Crippen molar-refractivity contribution in [2.45, 2.75) is 6.42 Å². The minimum Gasteiger partial charge on any atom is -0.384 e. The van der Waals surface area contributed by atoms with Gasteiger partial charge >= 0.3 is 0 Å². The smallest absolute Gasteiger partial charge is 0.222 e. The molecule has 6 N–H and O–H groups in total. The Balaban J connectivity index is 2.32. The van der Waals surface area contributed by atoms with Crippen LogP contribution in [0, 0.1) is 0 Å². The van der Waals surface area contributed by atoms with Gasteiger partial charge in [0.15, 0.2) is 0 Å². The second kappa shape index (κ2) is 4.80. The summed E-state index contributed by atoms with van der Waals surface area (Å²) in [5.74, 6) is 0.560. The minimum atomic E-state index is 0.186. The highest BCUT2D eigenvalue weighted by Gasteiger charge is 2.03. The van der Waals surface area contributed by atoms with E-state index >= 15 is 0 Å². The van der Waals surface area contributed by atoms with Crippen molar-refractivity contribution >= 4 is 11.8 Å². The third-order valence-electron chi connectivity index (χ3n) is 2.45. The highest BCUT2D eigenvalue weighted by Crippen LogP contribution is 2.20. The first-order chi connectivity index (χ1) is 8.19. The molecule has 0 saturated carbocycles. The van der Waals surface area contributed by atoms with E-state index in [1.807, 2.05) is 24.3 Å². The van der Waals surface area contributed by atoms with Gasteiger partial charge in [-0.2, -0.15) is 4.98 Å². The first kappa shape index (κ1) is 11.3. The van der Waals surface area contributed by atoms with Crippen molar-refractivity contribution in [3.63, 3.8) is 0 Å². The van der Waals surface area contributed by atoms with Gasteiger partial charge in [-0.05, 0) is 18.5 Å². The van der Waals surface area contributed by atoms with Gasteiger partial charge in [-0.25, -0.2) is 4.98 Å². The number of nitrogens with two attached hydrogens (primary N) is 3. The average molecular weight is 229 g/mol. The lowest BCUT2D eigenvalue weighted by molar-refractivity contribution is 0.969. The maximum atomic E-state index is 5.63. The quantitative estimate of drug-likeness (QED) is 0.722. The van der Waals surface area contributed by atoms with Gasteiger partial charge in [0.05, 0.1) is 5.69 Å². The van der Waals surface area contributed by atoms with E-state index in [4.69, 9.17) is 17.2 Å². The van der Waals surface area contributed by atoms with Gasteiger partial charge in [-0.1, -0.05) is 24.3 Å². The first-order valence-electron chi connectivity index (χ1n) is 5.38. The van der Waals surface area contributed by atoms with Crippen molar-refractivity contribution in [3.8, 4) is 11.3 Å². The predicted molar refractivity (Wildman–Crippen MR) is 69.1 cm³/mol. The summed E-state index contributed by atoms with van der Waals surface area (Å²) in [5.41, 5.74) is 19.6. The van der Waals surface area contributed by atoms with Crippen molar-refractivity contribution in [3.05, 3.63) is 35.9 Å². The largest absolute Gasteiger partial charge is 0.384 e. The Morgan fingerprint density at radius 2 is 1.71 bits per heavy atom. The van der Waals surface area contributed by atoms with Crippen LogP contribution in [-0.4, -0.2) is 16.5 Å². The van der Waals surface area contributed by atoms with E-state index in [0.717, 1.165) is 17.7 Å². The lowest BCUT2D eigenvalue weighted by Gasteiger charge is -2.04. The molecule has 2 rings (SSSR count). The summed E-state index contributed by atoms with van der Waals surface area (Å²) in [5, 5.41) is 0. The van der Waals surface area contributed by atoms with Crippen LogP contribution in [0.1, 0.15) is 5.56 Å². The van der Waals surface area contributed by atoms with Crippen molar-refractivity contribution in [1.82, 2.24) is 9.97 Å². The summed E-state index contributed by atoms with van der Waals surface area (Å²) >= 11 is 0. The Morgan fingerprint density at radius 1 is 1.00 bits per heavy atom. The Morgan fingerprint density at radius 3 is 2.29 bits per heavy atom. The molecule has 5 heteroatoms. The monoisotopic (exact) mass is 229 g/mol. The van der Waals surface area contributed by atoms with Gasteiger partial charge in [0, 0.05) is 11.6 Å². The summed E-state index contributed by atoms with van der Waals surface area (Å²) in [7, 11) is 0. The summed E-state index contributed by atoms with van der Waals surface area (Å²) in [6.07, 6.45) is 0.869. The SMILES string of the molecule is NCCc1ccc(-c2cc(N)nc(N)n2)cc1. The normalized spacial score (nSPS) is 10.4. The van der Waals surface area contributed by atoms with E-state index in [-0.39, 0.29) is 5.95 Å². The highest BCUT2D eigenvalue weighted by molar-refractivity contribution is 5.63. The highest BCUT2D eigenvalue weighted by atomic mass is 15.0.